The van der Waals surface area contributed by atoms with Crippen molar-refractivity contribution >= 4 is 43.0 Å². The molecule has 0 aliphatic carbocycles. The molecule has 0 aliphatic heterocycles. The Hall–Kier alpha value is -3.64. The molecular formula is C23H24FN3O6S2. The SMILES string of the molecule is COc1ccc(N([C@H](C)C(=O)Nc2ccc(S(=O)(=O)Nc3ccc(F)cc3)cc2)S(C)(=O)=O)cc1. The predicted molar refractivity (Wildman–Crippen MR) is 132 cm³/mol. The van der Waals surface area contributed by atoms with Crippen LogP contribution in [0, 0.1) is 5.82 Å². The maximum absolute atomic E-state index is 13.0. The van der Waals surface area contributed by atoms with E-state index >= 15 is 0 Å². The molecule has 3 rings (SSSR count). The van der Waals surface area contributed by atoms with Gasteiger partial charge in [0.2, 0.25) is 15.9 Å². The standard InChI is InChI=1S/C23H24FN3O6S2/c1-16(27(34(3,29)30)20-10-12-21(33-2)13-11-20)23(28)25-18-8-14-22(15-9-18)35(31,32)26-19-6-4-17(24)5-7-19/h4-16,26H,1-3H3,(H,25,28)/t16-/m1/s1. The quantitative estimate of drug-likeness (QED) is 0.445. The molecule has 0 saturated carbocycles. The molecule has 0 aromatic heterocycles. The van der Waals surface area contributed by atoms with Crippen LogP contribution >= 0.6 is 0 Å². The van der Waals surface area contributed by atoms with Crippen molar-refractivity contribution in [1.29, 1.82) is 0 Å². The Bertz CT molecular complexity index is 1390. The summed E-state index contributed by atoms with van der Waals surface area (Å²) in [5, 5.41) is 2.59. The zero-order valence-corrected chi connectivity index (χ0v) is 20.7. The van der Waals surface area contributed by atoms with E-state index in [0.29, 0.717) is 5.75 Å². The topological polar surface area (TPSA) is 122 Å². The lowest BCUT2D eigenvalue weighted by molar-refractivity contribution is -0.116. The third-order valence-corrected chi connectivity index (χ3v) is 7.58. The molecule has 2 N–H and O–H groups in total. The molecule has 0 heterocycles. The number of nitrogens with zero attached hydrogens (tertiary/aromatic N) is 1. The lowest BCUT2D eigenvalue weighted by Gasteiger charge is -2.28. The summed E-state index contributed by atoms with van der Waals surface area (Å²) >= 11 is 0. The zero-order chi connectivity index (χ0) is 25.8. The predicted octanol–water partition coefficient (Wildman–Crippen LogP) is 3.43. The first kappa shape index (κ1) is 26.0. The lowest BCUT2D eigenvalue weighted by atomic mass is 10.2. The molecule has 12 heteroatoms. The van der Waals surface area contributed by atoms with Crippen molar-refractivity contribution in [1.82, 2.24) is 0 Å². The number of carbonyl (C=O) groups excluding carboxylic acids is 1. The summed E-state index contributed by atoms with van der Waals surface area (Å²) in [5.74, 6) is -0.585. The van der Waals surface area contributed by atoms with Crippen LogP contribution in [0.15, 0.2) is 77.7 Å². The average molecular weight is 522 g/mol. The van der Waals surface area contributed by atoms with Gasteiger partial charge in [-0.15, -0.1) is 0 Å². The summed E-state index contributed by atoms with van der Waals surface area (Å²) in [6.07, 6.45) is 0.995. The summed E-state index contributed by atoms with van der Waals surface area (Å²) in [7, 11) is -6.28. The van der Waals surface area contributed by atoms with Gasteiger partial charge >= 0.3 is 0 Å². The molecule has 0 fully saturated rings. The lowest BCUT2D eigenvalue weighted by Crippen LogP contribution is -2.45. The molecule has 0 spiro atoms. The molecule has 3 aromatic rings. The van der Waals surface area contributed by atoms with Crippen molar-refractivity contribution in [3.8, 4) is 5.75 Å². The Morgan fingerprint density at radius 1 is 0.886 bits per heavy atom. The molecule has 0 saturated heterocycles. The smallest absolute Gasteiger partial charge is 0.261 e. The number of amides is 1. The van der Waals surface area contributed by atoms with E-state index in [0.717, 1.165) is 22.7 Å². The van der Waals surface area contributed by atoms with E-state index in [2.05, 4.69) is 10.0 Å². The van der Waals surface area contributed by atoms with Crippen LogP contribution in [-0.4, -0.2) is 42.2 Å². The number of methoxy groups -OCH3 is 1. The third-order valence-electron chi connectivity index (χ3n) is 4.94. The average Bonchev–Trinajstić information content (AvgIpc) is 2.80. The van der Waals surface area contributed by atoms with Crippen LogP contribution in [0.25, 0.3) is 0 Å². The third kappa shape index (κ3) is 6.49. The number of rotatable bonds is 9. The van der Waals surface area contributed by atoms with Crippen LogP contribution in [0.1, 0.15) is 6.92 Å². The van der Waals surface area contributed by atoms with E-state index in [1.807, 2.05) is 0 Å². The second-order valence-electron chi connectivity index (χ2n) is 7.56. The highest BCUT2D eigenvalue weighted by Crippen LogP contribution is 2.25. The van der Waals surface area contributed by atoms with E-state index in [1.165, 1.54) is 62.6 Å². The molecule has 35 heavy (non-hydrogen) atoms. The van der Waals surface area contributed by atoms with Gasteiger partial charge in [-0.25, -0.2) is 21.2 Å². The Kier molecular flexibility index (Phi) is 7.66. The highest BCUT2D eigenvalue weighted by molar-refractivity contribution is 7.92. The van der Waals surface area contributed by atoms with Crippen molar-refractivity contribution in [2.75, 3.05) is 27.7 Å². The maximum Gasteiger partial charge on any atom is 0.261 e. The molecular weight excluding hydrogens is 497 g/mol. The Morgan fingerprint density at radius 3 is 1.94 bits per heavy atom. The first-order chi connectivity index (χ1) is 16.4. The van der Waals surface area contributed by atoms with Gasteiger partial charge in [0.05, 0.1) is 23.9 Å². The molecule has 0 bridgehead atoms. The Labute approximate surface area is 203 Å². The number of carbonyl (C=O) groups is 1. The van der Waals surface area contributed by atoms with Gasteiger partial charge < -0.3 is 10.1 Å². The van der Waals surface area contributed by atoms with Crippen molar-refractivity contribution in [3.63, 3.8) is 0 Å². The molecule has 9 nitrogen and oxygen atoms in total. The minimum Gasteiger partial charge on any atom is -0.497 e. The summed E-state index contributed by atoms with van der Waals surface area (Å²) in [4.78, 5) is 12.8. The van der Waals surface area contributed by atoms with Crippen LogP contribution < -0.4 is 19.1 Å². The van der Waals surface area contributed by atoms with Gasteiger partial charge in [0.1, 0.15) is 17.6 Å². The zero-order valence-electron chi connectivity index (χ0n) is 19.1. The number of anilines is 3. The van der Waals surface area contributed by atoms with Crippen molar-refractivity contribution in [2.24, 2.45) is 0 Å². The number of halogens is 1. The summed E-state index contributed by atoms with van der Waals surface area (Å²) < 4.78 is 71.4. The molecule has 0 unspecified atom stereocenters. The van der Waals surface area contributed by atoms with E-state index in [1.54, 1.807) is 12.1 Å². The second kappa shape index (κ2) is 10.3. The normalized spacial score (nSPS) is 12.5. The van der Waals surface area contributed by atoms with Crippen LogP contribution in [0.5, 0.6) is 5.75 Å². The second-order valence-corrected chi connectivity index (χ2v) is 11.1. The van der Waals surface area contributed by atoms with Crippen LogP contribution in [-0.2, 0) is 24.8 Å². The number of hydrogen-bond donors (Lipinski definition) is 2. The minimum absolute atomic E-state index is 0.0798. The van der Waals surface area contributed by atoms with Crippen LogP contribution in [0.2, 0.25) is 0 Å². The minimum atomic E-state index is -3.95. The number of sulfonamides is 2. The first-order valence-electron chi connectivity index (χ1n) is 10.2. The number of ether oxygens (including phenoxy) is 1. The van der Waals surface area contributed by atoms with Gasteiger partial charge in [-0.05, 0) is 79.7 Å². The molecule has 1 amide bonds. The fourth-order valence-corrected chi connectivity index (χ4v) is 5.47. The van der Waals surface area contributed by atoms with Crippen molar-refractivity contribution in [3.05, 3.63) is 78.6 Å². The summed E-state index contributed by atoms with van der Waals surface area (Å²) in [6.45, 7) is 1.44. The molecule has 3 aromatic carbocycles. The number of hydrogen-bond acceptors (Lipinski definition) is 6. The molecule has 1 atom stereocenters. The van der Waals surface area contributed by atoms with E-state index in [-0.39, 0.29) is 22.0 Å². The monoisotopic (exact) mass is 521 g/mol. The van der Waals surface area contributed by atoms with Gasteiger partial charge in [-0.3, -0.25) is 13.8 Å². The Morgan fingerprint density at radius 2 is 1.43 bits per heavy atom. The van der Waals surface area contributed by atoms with Gasteiger partial charge in [0.15, 0.2) is 0 Å². The van der Waals surface area contributed by atoms with E-state index in [9.17, 15) is 26.0 Å². The number of nitrogens with one attached hydrogen (secondary N) is 2. The Balaban J connectivity index is 1.75. The highest BCUT2D eigenvalue weighted by Gasteiger charge is 2.29. The van der Waals surface area contributed by atoms with E-state index in [4.69, 9.17) is 4.74 Å². The largest absolute Gasteiger partial charge is 0.497 e. The summed E-state index contributed by atoms with van der Waals surface area (Å²) in [6, 6.07) is 15.3. The molecule has 0 radical (unpaired) electrons. The van der Waals surface area contributed by atoms with Gasteiger partial charge in [0.25, 0.3) is 10.0 Å². The van der Waals surface area contributed by atoms with Gasteiger partial charge in [-0.1, -0.05) is 0 Å². The first-order valence-corrected chi connectivity index (χ1v) is 13.6. The fourth-order valence-electron chi connectivity index (χ4n) is 3.23. The number of benzene rings is 3. The molecule has 186 valence electrons. The van der Waals surface area contributed by atoms with Gasteiger partial charge in [0, 0.05) is 11.4 Å². The van der Waals surface area contributed by atoms with E-state index < -0.39 is 37.8 Å². The fraction of sp³-hybridized carbons (Fsp3) is 0.174. The van der Waals surface area contributed by atoms with Crippen molar-refractivity contribution in [2.45, 2.75) is 17.9 Å². The van der Waals surface area contributed by atoms with Crippen LogP contribution in [0.4, 0.5) is 21.5 Å². The maximum atomic E-state index is 13.0. The highest BCUT2D eigenvalue weighted by atomic mass is 32.2. The summed E-state index contributed by atoms with van der Waals surface area (Å²) in [5.41, 5.74) is 0.743. The van der Waals surface area contributed by atoms with Gasteiger partial charge in [-0.2, -0.15) is 0 Å². The molecule has 0 aliphatic rings. The van der Waals surface area contributed by atoms with Crippen LogP contribution in [0.3, 0.4) is 0 Å². The van der Waals surface area contributed by atoms with Crippen molar-refractivity contribution < 1.29 is 30.8 Å².